The Hall–Kier alpha value is -2.62. The van der Waals surface area contributed by atoms with Gasteiger partial charge in [0, 0.05) is 28.9 Å². The molecule has 3 aromatic rings. The van der Waals surface area contributed by atoms with Gasteiger partial charge in [0.05, 0.1) is 24.0 Å². The third-order valence-electron chi connectivity index (χ3n) is 6.10. The fourth-order valence-corrected chi connectivity index (χ4v) is 4.97. The molecule has 1 aromatic carbocycles. The van der Waals surface area contributed by atoms with Crippen LogP contribution in [0.5, 0.6) is 0 Å². The highest BCUT2D eigenvalue weighted by atomic mass is 127. The zero-order chi connectivity index (χ0) is 25.8. The Morgan fingerprint density at radius 3 is 2.69 bits per heavy atom. The van der Waals surface area contributed by atoms with Gasteiger partial charge in [-0.2, -0.15) is 18.3 Å². The number of halogens is 4. The van der Waals surface area contributed by atoms with E-state index in [1.807, 2.05) is 18.2 Å². The Morgan fingerprint density at radius 2 is 1.94 bits per heavy atom. The first-order valence-corrected chi connectivity index (χ1v) is 12.1. The van der Waals surface area contributed by atoms with Crippen LogP contribution in [0, 0.1) is 3.57 Å². The summed E-state index contributed by atoms with van der Waals surface area (Å²) in [5.74, 6) is -0.264. The van der Waals surface area contributed by atoms with Crippen LogP contribution in [-0.4, -0.2) is 60.4 Å². The van der Waals surface area contributed by atoms with Crippen molar-refractivity contribution in [2.45, 2.75) is 51.0 Å². The number of hydrogen-bond donors (Lipinski definition) is 1. The van der Waals surface area contributed by atoms with E-state index in [9.17, 15) is 23.1 Å². The Kier molecular flexibility index (Phi) is 6.29. The first kappa shape index (κ1) is 25.0. The van der Waals surface area contributed by atoms with Crippen LogP contribution in [0.3, 0.4) is 0 Å². The normalized spacial score (nSPS) is 21.0. The minimum absolute atomic E-state index is 0.0459. The van der Waals surface area contributed by atoms with Crippen LogP contribution >= 0.6 is 22.6 Å². The van der Waals surface area contributed by atoms with Crippen molar-refractivity contribution in [2.24, 2.45) is 0 Å². The molecule has 1 unspecified atom stereocenters. The second-order valence-electron chi connectivity index (χ2n) is 9.37. The quantitative estimate of drug-likeness (QED) is 0.452. The van der Waals surface area contributed by atoms with E-state index in [0.29, 0.717) is 13.1 Å². The number of alkyl halides is 3. The van der Waals surface area contributed by atoms with Gasteiger partial charge in [-0.05, 0) is 65.8 Å². The molecule has 5 rings (SSSR count). The molecule has 1 N–H and O–H groups in total. The fraction of sp³-hybridized carbons (Fsp3) is 0.391. The predicted octanol–water partition coefficient (Wildman–Crippen LogP) is 3.13. The summed E-state index contributed by atoms with van der Waals surface area (Å²) >= 11 is 2.23. The molecule has 9 nitrogen and oxygen atoms in total. The van der Waals surface area contributed by atoms with Gasteiger partial charge in [0.15, 0.2) is 17.6 Å². The first-order valence-electron chi connectivity index (χ1n) is 11.1. The second-order valence-corrected chi connectivity index (χ2v) is 10.6. The third-order valence-corrected chi connectivity index (χ3v) is 6.77. The van der Waals surface area contributed by atoms with Gasteiger partial charge in [0.2, 0.25) is 0 Å². The zero-order valence-corrected chi connectivity index (χ0v) is 21.4. The second kappa shape index (κ2) is 9.04. The number of amides is 1. The Balaban J connectivity index is 1.39. The molecule has 13 heteroatoms. The van der Waals surface area contributed by atoms with Gasteiger partial charge >= 0.3 is 6.18 Å². The van der Waals surface area contributed by atoms with Crippen molar-refractivity contribution in [3.05, 3.63) is 63.1 Å². The molecule has 36 heavy (non-hydrogen) atoms. The number of carbonyl (C=O) groups excluding carboxylic acids is 1. The summed E-state index contributed by atoms with van der Waals surface area (Å²) in [7, 11) is 0. The number of aliphatic hydroxyl groups is 1. The molecule has 2 aliphatic heterocycles. The first-order chi connectivity index (χ1) is 16.9. The number of aromatic nitrogens is 4. The maximum absolute atomic E-state index is 13.5. The maximum Gasteiger partial charge on any atom is 0.435 e. The van der Waals surface area contributed by atoms with Crippen LogP contribution < -0.4 is 4.90 Å². The molecule has 0 saturated carbocycles. The average molecular weight is 614 g/mol. The lowest BCUT2D eigenvalue weighted by atomic mass is 10.0. The van der Waals surface area contributed by atoms with Crippen molar-refractivity contribution >= 4 is 34.3 Å². The topological polar surface area (TPSA) is 96.6 Å². The molecule has 0 bridgehead atoms. The highest BCUT2D eigenvalue weighted by molar-refractivity contribution is 14.1. The molecule has 4 heterocycles. The number of aliphatic hydroxyl groups excluding tert-OH is 1. The van der Waals surface area contributed by atoms with Crippen molar-refractivity contribution in [2.75, 3.05) is 11.4 Å². The standard InChI is InChI=1S/C23H22F3IN6O3/c1-22(2)12-32(18-5-6-33(30-18)16-8-17(23(24,25)26)29-28-9-16)21(35)19(36-22)20(34)31-10-13-3-4-15(27)7-14(13)11-31/h3-9,19-20,34H,10-12H2,1-2H3/t19-,20?/m1/s1. The van der Waals surface area contributed by atoms with Crippen LogP contribution in [0.4, 0.5) is 19.0 Å². The van der Waals surface area contributed by atoms with E-state index < -0.39 is 35.7 Å². The number of morpholine rings is 1. The largest absolute Gasteiger partial charge is 0.435 e. The summed E-state index contributed by atoms with van der Waals surface area (Å²) < 4.78 is 47.4. The van der Waals surface area contributed by atoms with Crippen LogP contribution in [0.15, 0.2) is 42.7 Å². The van der Waals surface area contributed by atoms with E-state index in [1.54, 1.807) is 18.7 Å². The lowest BCUT2D eigenvalue weighted by Gasteiger charge is -2.44. The third kappa shape index (κ3) is 4.84. The van der Waals surface area contributed by atoms with Crippen LogP contribution in [0.1, 0.15) is 30.7 Å². The van der Waals surface area contributed by atoms with Gasteiger partial charge < -0.3 is 9.84 Å². The van der Waals surface area contributed by atoms with Gasteiger partial charge in [0.1, 0.15) is 6.23 Å². The van der Waals surface area contributed by atoms with Gasteiger partial charge in [0.25, 0.3) is 5.91 Å². The van der Waals surface area contributed by atoms with Gasteiger partial charge in [-0.25, -0.2) is 4.68 Å². The monoisotopic (exact) mass is 614 g/mol. The summed E-state index contributed by atoms with van der Waals surface area (Å²) in [6.45, 7) is 4.70. The number of fused-ring (bicyclic) bond motifs is 1. The molecule has 0 radical (unpaired) electrons. The smallest absolute Gasteiger partial charge is 0.375 e. The van der Waals surface area contributed by atoms with E-state index in [2.05, 4.69) is 37.9 Å². The highest BCUT2D eigenvalue weighted by Gasteiger charge is 2.46. The molecule has 1 saturated heterocycles. The van der Waals surface area contributed by atoms with Crippen molar-refractivity contribution in [1.82, 2.24) is 24.9 Å². The Labute approximate surface area is 218 Å². The predicted molar refractivity (Wildman–Crippen MR) is 130 cm³/mol. The zero-order valence-electron chi connectivity index (χ0n) is 19.3. The minimum atomic E-state index is -4.65. The summed E-state index contributed by atoms with van der Waals surface area (Å²) in [6.07, 6.45) is -4.44. The molecular formula is C23H22F3IN6O3. The van der Waals surface area contributed by atoms with E-state index >= 15 is 0 Å². The van der Waals surface area contributed by atoms with Gasteiger partial charge in [-0.3, -0.25) is 14.6 Å². The van der Waals surface area contributed by atoms with Crippen molar-refractivity contribution in [3.8, 4) is 5.69 Å². The van der Waals surface area contributed by atoms with Crippen molar-refractivity contribution in [1.29, 1.82) is 0 Å². The maximum atomic E-state index is 13.5. The summed E-state index contributed by atoms with van der Waals surface area (Å²) in [4.78, 5) is 16.6. The van der Waals surface area contributed by atoms with E-state index in [0.717, 1.165) is 27.0 Å². The Morgan fingerprint density at radius 1 is 1.19 bits per heavy atom. The fourth-order valence-electron chi connectivity index (χ4n) is 4.42. The molecule has 0 spiro atoms. The van der Waals surface area contributed by atoms with Gasteiger partial charge in [-0.15, -0.1) is 10.2 Å². The van der Waals surface area contributed by atoms with E-state index in [-0.39, 0.29) is 18.1 Å². The number of hydrogen-bond acceptors (Lipinski definition) is 7. The van der Waals surface area contributed by atoms with Crippen molar-refractivity contribution in [3.63, 3.8) is 0 Å². The number of ether oxygens (including phenoxy) is 1. The number of carbonyl (C=O) groups is 1. The van der Waals surface area contributed by atoms with Gasteiger partial charge in [-0.1, -0.05) is 6.07 Å². The minimum Gasteiger partial charge on any atom is -0.375 e. The number of nitrogens with zero attached hydrogens (tertiary/aromatic N) is 6. The summed E-state index contributed by atoms with van der Waals surface area (Å²) in [5.41, 5.74) is 0.252. The van der Waals surface area contributed by atoms with Crippen molar-refractivity contribution < 1.29 is 27.8 Å². The highest BCUT2D eigenvalue weighted by Crippen LogP contribution is 2.33. The average Bonchev–Trinajstić information content (AvgIpc) is 3.46. The molecule has 0 aliphatic carbocycles. The number of rotatable bonds is 4. The molecule has 2 atom stereocenters. The van der Waals surface area contributed by atoms with Crippen LogP contribution in [0.2, 0.25) is 0 Å². The van der Waals surface area contributed by atoms with E-state index in [1.165, 1.54) is 21.8 Å². The molecule has 1 amide bonds. The summed E-state index contributed by atoms with van der Waals surface area (Å²) in [6, 6.07) is 8.40. The SMILES string of the molecule is CC1(C)CN(c2ccn(-c3cnnc(C(F)(F)F)c3)n2)C(=O)[C@@H](C(O)N2Cc3ccc(I)cc3C2)O1. The lowest BCUT2D eigenvalue weighted by Crippen LogP contribution is -2.62. The van der Waals surface area contributed by atoms with E-state index in [4.69, 9.17) is 4.74 Å². The van der Waals surface area contributed by atoms with Crippen LogP contribution in [0.25, 0.3) is 5.69 Å². The molecule has 1 fully saturated rings. The molecule has 2 aliphatic rings. The Bertz CT molecular complexity index is 1310. The molecule has 2 aromatic heterocycles. The number of anilines is 1. The number of benzene rings is 1. The van der Waals surface area contributed by atoms with Crippen LogP contribution in [-0.2, 0) is 28.8 Å². The molecule has 190 valence electrons. The summed E-state index contributed by atoms with van der Waals surface area (Å²) in [5, 5.41) is 22.0. The molecular weight excluding hydrogens is 592 g/mol. The lowest BCUT2D eigenvalue weighted by molar-refractivity contribution is -0.185.